The number of hydrogen-bond acceptors (Lipinski definition) is 10. The molecule has 146 valence electrons. The smallest absolute Gasteiger partial charge is 0.394 e. The molecule has 1 aliphatic rings. The molecule has 1 fully saturated rings. The van der Waals surface area contributed by atoms with Crippen molar-refractivity contribution in [1.82, 2.24) is 0 Å². The van der Waals surface area contributed by atoms with E-state index in [1.54, 1.807) is 30.3 Å². The molecule has 5 unspecified atom stereocenters. The van der Waals surface area contributed by atoms with Crippen LogP contribution in [0.15, 0.2) is 35.5 Å². The molecule has 0 amide bonds. The third-order valence-electron chi connectivity index (χ3n) is 3.53. The fourth-order valence-electron chi connectivity index (χ4n) is 2.25. The maximum absolute atomic E-state index is 10.8. The highest BCUT2D eigenvalue weighted by molar-refractivity contribution is 8.14. The van der Waals surface area contributed by atoms with Crippen molar-refractivity contribution < 1.29 is 42.4 Å². The fourth-order valence-corrected chi connectivity index (χ4v) is 3.58. The Balaban J connectivity index is 2.19. The summed E-state index contributed by atoms with van der Waals surface area (Å²) in [7, 11) is -4.83. The molecule has 1 aromatic carbocycles. The molecular formula is C14H19NO9S2. The first-order chi connectivity index (χ1) is 12.2. The molecule has 12 heteroatoms. The van der Waals surface area contributed by atoms with E-state index in [4.69, 9.17) is 9.29 Å². The summed E-state index contributed by atoms with van der Waals surface area (Å²) in [5, 5.41) is 42.2. The average molecular weight is 409 g/mol. The number of hydrogen-bond donors (Lipinski definition) is 5. The fraction of sp³-hybridized carbons (Fsp3) is 0.500. The van der Waals surface area contributed by atoms with Crippen LogP contribution in [0.1, 0.15) is 5.56 Å². The average Bonchev–Trinajstić information content (AvgIpc) is 2.60. The molecule has 1 aliphatic heterocycles. The first kappa shape index (κ1) is 21.1. The minimum absolute atomic E-state index is 0.0122. The number of rotatable bonds is 6. The van der Waals surface area contributed by atoms with Crippen LogP contribution in [-0.4, -0.2) is 74.9 Å². The van der Waals surface area contributed by atoms with Gasteiger partial charge in [-0.1, -0.05) is 47.2 Å². The predicted octanol–water partition coefficient (Wildman–Crippen LogP) is -1.10. The molecule has 2 rings (SSSR count). The Hall–Kier alpha value is -1.25. The highest BCUT2D eigenvalue weighted by Gasteiger charge is 2.44. The van der Waals surface area contributed by atoms with Gasteiger partial charge in [-0.3, -0.25) is 4.55 Å². The molecular weight excluding hydrogens is 390 g/mol. The summed E-state index contributed by atoms with van der Waals surface area (Å²) in [4.78, 5) is 0. The van der Waals surface area contributed by atoms with Gasteiger partial charge in [-0.05, 0) is 5.56 Å². The van der Waals surface area contributed by atoms with Crippen LogP contribution in [0.25, 0.3) is 0 Å². The zero-order valence-electron chi connectivity index (χ0n) is 13.3. The van der Waals surface area contributed by atoms with Gasteiger partial charge in [-0.25, -0.2) is 4.28 Å². The van der Waals surface area contributed by atoms with Crippen LogP contribution < -0.4 is 0 Å². The highest BCUT2D eigenvalue weighted by Crippen LogP contribution is 2.30. The molecule has 5 N–H and O–H groups in total. The van der Waals surface area contributed by atoms with E-state index in [1.165, 1.54) is 0 Å². The molecule has 0 aromatic heterocycles. The third-order valence-corrected chi connectivity index (χ3v) is 4.91. The molecule has 26 heavy (non-hydrogen) atoms. The number of aliphatic hydroxyl groups excluding tert-OH is 4. The summed E-state index contributed by atoms with van der Waals surface area (Å²) in [5.41, 5.74) is -0.444. The van der Waals surface area contributed by atoms with Gasteiger partial charge >= 0.3 is 10.4 Å². The summed E-state index contributed by atoms with van der Waals surface area (Å²) in [6, 6.07) is 8.73. The minimum atomic E-state index is -4.83. The standard InChI is InChI=1S/C14H19NO9S2/c16-7-9-11(17)12(18)13(19)14(23-9)25-10(15-24-26(20,21)22)6-8-4-2-1-3-5-8/h1-5,9,11-14,16-19H,6-7H2,(H,20,21,22)/b15-10-. The van der Waals surface area contributed by atoms with Crippen LogP contribution in [0.2, 0.25) is 0 Å². The van der Waals surface area contributed by atoms with Gasteiger partial charge in [-0.15, -0.1) is 0 Å². The Morgan fingerprint density at radius 1 is 1.15 bits per heavy atom. The van der Waals surface area contributed by atoms with E-state index < -0.39 is 46.9 Å². The van der Waals surface area contributed by atoms with Gasteiger partial charge in [0.25, 0.3) is 0 Å². The minimum Gasteiger partial charge on any atom is -0.394 e. The molecule has 0 bridgehead atoms. The number of oxime groups is 1. The second-order valence-corrected chi connectivity index (χ2v) is 7.64. The van der Waals surface area contributed by atoms with Gasteiger partial charge in [0, 0.05) is 6.42 Å². The highest BCUT2D eigenvalue weighted by atomic mass is 32.3. The van der Waals surface area contributed by atoms with Gasteiger partial charge in [0.1, 0.15) is 34.9 Å². The van der Waals surface area contributed by atoms with Crippen molar-refractivity contribution >= 4 is 27.2 Å². The topological polar surface area (TPSA) is 166 Å². The lowest BCUT2D eigenvalue weighted by Crippen LogP contribution is -2.57. The summed E-state index contributed by atoms with van der Waals surface area (Å²) in [6.45, 7) is -0.602. The maximum atomic E-state index is 10.8. The van der Waals surface area contributed by atoms with Gasteiger partial charge in [0.2, 0.25) is 0 Å². The number of ether oxygens (including phenoxy) is 1. The van der Waals surface area contributed by atoms with Gasteiger partial charge in [-0.2, -0.15) is 8.42 Å². The Morgan fingerprint density at radius 2 is 1.81 bits per heavy atom. The molecule has 10 nitrogen and oxygen atoms in total. The number of nitrogens with zero attached hydrogens (tertiary/aromatic N) is 1. The zero-order chi connectivity index (χ0) is 19.3. The lowest BCUT2D eigenvalue weighted by atomic mass is 10.0. The van der Waals surface area contributed by atoms with Crippen molar-refractivity contribution in [1.29, 1.82) is 0 Å². The Bertz CT molecular complexity index is 710. The van der Waals surface area contributed by atoms with E-state index in [-0.39, 0.29) is 11.5 Å². The van der Waals surface area contributed by atoms with Gasteiger partial charge in [0.05, 0.1) is 6.61 Å². The molecule has 0 spiro atoms. The molecule has 1 saturated heterocycles. The Kier molecular flexibility index (Phi) is 7.37. The number of benzene rings is 1. The second kappa shape index (κ2) is 9.10. The van der Waals surface area contributed by atoms with E-state index in [1.807, 2.05) is 0 Å². The number of aliphatic hydroxyl groups is 4. The SMILES string of the molecule is O=S(=O)(O)O/N=C(/Cc1ccccc1)SC1OC(CO)C(O)C(O)C1O. The number of thioether (sulfide) groups is 1. The third kappa shape index (κ3) is 5.89. The van der Waals surface area contributed by atoms with Crippen molar-refractivity contribution in [3.63, 3.8) is 0 Å². The van der Waals surface area contributed by atoms with Crippen molar-refractivity contribution in [3.8, 4) is 0 Å². The molecule has 5 atom stereocenters. The monoisotopic (exact) mass is 409 g/mol. The van der Waals surface area contributed by atoms with Crippen LogP contribution in [-0.2, 0) is 25.8 Å². The lowest BCUT2D eigenvalue weighted by Gasteiger charge is -2.39. The largest absolute Gasteiger partial charge is 0.466 e. The predicted molar refractivity (Wildman–Crippen MR) is 91.6 cm³/mol. The van der Waals surface area contributed by atoms with Gasteiger partial charge < -0.3 is 25.2 Å². The first-order valence-corrected chi connectivity index (χ1v) is 9.69. The molecule has 1 heterocycles. The normalized spacial score (nSPS) is 30.2. The van der Waals surface area contributed by atoms with Crippen LogP contribution in [0.4, 0.5) is 0 Å². The lowest BCUT2D eigenvalue weighted by molar-refractivity contribution is -0.205. The van der Waals surface area contributed by atoms with E-state index >= 15 is 0 Å². The van der Waals surface area contributed by atoms with Crippen molar-refractivity contribution in [2.75, 3.05) is 6.61 Å². The van der Waals surface area contributed by atoms with Crippen LogP contribution >= 0.6 is 11.8 Å². The summed E-state index contributed by atoms with van der Waals surface area (Å²) < 4.78 is 39.6. The zero-order valence-corrected chi connectivity index (χ0v) is 15.0. The van der Waals surface area contributed by atoms with Crippen molar-refractivity contribution in [3.05, 3.63) is 35.9 Å². The van der Waals surface area contributed by atoms with E-state index in [0.717, 1.165) is 17.3 Å². The van der Waals surface area contributed by atoms with Crippen molar-refractivity contribution in [2.24, 2.45) is 5.16 Å². The van der Waals surface area contributed by atoms with E-state index in [9.17, 15) is 28.8 Å². The maximum Gasteiger partial charge on any atom is 0.466 e. The molecule has 0 aliphatic carbocycles. The Labute approximate surface area is 154 Å². The van der Waals surface area contributed by atoms with Crippen LogP contribution in [0, 0.1) is 0 Å². The van der Waals surface area contributed by atoms with Crippen LogP contribution in [0.3, 0.4) is 0 Å². The second-order valence-electron chi connectivity index (χ2n) is 5.46. The van der Waals surface area contributed by atoms with E-state index in [0.29, 0.717) is 0 Å². The van der Waals surface area contributed by atoms with Crippen LogP contribution in [0.5, 0.6) is 0 Å². The Morgan fingerprint density at radius 3 is 2.38 bits per heavy atom. The quantitative estimate of drug-likeness (QED) is 0.168. The summed E-state index contributed by atoms with van der Waals surface area (Å²) in [5.74, 6) is 0. The summed E-state index contributed by atoms with van der Waals surface area (Å²) >= 11 is 0.729. The first-order valence-electron chi connectivity index (χ1n) is 7.45. The molecule has 1 aromatic rings. The molecule has 0 saturated carbocycles. The summed E-state index contributed by atoms with van der Waals surface area (Å²) in [6.07, 6.45) is -5.68. The van der Waals surface area contributed by atoms with Crippen molar-refractivity contribution in [2.45, 2.75) is 36.3 Å². The van der Waals surface area contributed by atoms with E-state index in [2.05, 4.69) is 9.44 Å². The van der Waals surface area contributed by atoms with Gasteiger partial charge in [0.15, 0.2) is 0 Å². The molecule has 0 radical (unpaired) electrons.